The summed E-state index contributed by atoms with van der Waals surface area (Å²) in [6.45, 7) is 3.50. The summed E-state index contributed by atoms with van der Waals surface area (Å²) in [4.78, 5) is 13.1. The first kappa shape index (κ1) is 13.1. The number of hydrogen-bond acceptors (Lipinski definition) is 4. The van der Waals surface area contributed by atoms with E-state index < -0.39 is 0 Å². The highest BCUT2D eigenvalue weighted by Crippen LogP contribution is 2.20. The minimum Gasteiger partial charge on any atom is -0.427 e. The largest absolute Gasteiger partial charge is 0.427 e. The number of benzene rings is 1. The molecule has 1 fully saturated rings. The Morgan fingerprint density at radius 3 is 2.78 bits per heavy atom. The third-order valence-electron chi connectivity index (χ3n) is 3.28. The van der Waals surface area contributed by atoms with Crippen LogP contribution >= 0.6 is 0 Å². The van der Waals surface area contributed by atoms with Crippen LogP contribution in [0, 0.1) is 0 Å². The van der Waals surface area contributed by atoms with Gasteiger partial charge in [0.05, 0.1) is 6.61 Å². The lowest BCUT2D eigenvalue weighted by molar-refractivity contribution is -0.131. The van der Waals surface area contributed by atoms with Crippen molar-refractivity contribution >= 4 is 5.97 Å². The maximum atomic E-state index is 10.8. The smallest absolute Gasteiger partial charge is 0.308 e. The molecule has 1 unspecified atom stereocenters. The van der Waals surface area contributed by atoms with Gasteiger partial charge in [-0.1, -0.05) is 12.1 Å². The average Bonchev–Trinajstić information content (AvgIpc) is 2.78. The SMILES string of the molecule is CC(=O)Oc1ccc(CN2CCCC2CO)cc1. The molecule has 1 aliphatic rings. The monoisotopic (exact) mass is 249 g/mol. The lowest BCUT2D eigenvalue weighted by Gasteiger charge is -2.22. The quantitative estimate of drug-likeness (QED) is 0.650. The number of nitrogens with zero attached hydrogens (tertiary/aromatic N) is 1. The molecule has 18 heavy (non-hydrogen) atoms. The van der Waals surface area contributed by atoms with Crippen LogP contribution in [0.2, 0.25) is 0 Å². The molecule has 4 heteroatoms. The van der Waals surface area contributed by atoms with E-state index in [4.69, 9.17) is 4.74 Å². The van der Waals surface area contributed by atoms with Crippen LogP contribution in [-0.2, 0) is 11.3 Å². The number of carbonyl (C=O) groups excluding carboxylic acids is 1. The molecule has 0 amide bonds. The van der Waals surface area contributed by atoms with Crippen molar-refractivity contribution in [3.63, 3.8) is 0 Å². The van der Waals surface area contributed by atoms with Gasteiger partial charge in [0.15, 0.2) is 0 Å². The van der Waals surface area contributed by atoms with E-state index in [1.807, 2.05) is 12.1 Å². The molecule has 0 spiro atoms. The van der Waals surface area contributed by atoms with Crippen molar-refractivity contribution in [1.82, 2.24) is 4.90 Å². The first-order valence-electron chi connectivity index (χ1n) is 6.31. The maximum Gasteiger partial charge on any atom is 0.308 e. The summed E-state index contributed by atoms with van der Waals surface area (Å²) in [5, 5.41) is 9.26. The molecule has 1 N–H and O–H groups in total. The Kier molecular flexibility index (Phi) is 4.33. The van der Waals surface area contributed by atoms with Crippen LogP contribution in [0.1, 0.15) is 25.3 Å². The van der Waals surface area contributed by atoms with Crippen molar-refractivity contribution in [3.05, 3.63) is 29.8 Å². The zero-order chi connectivity index (χ0) is 13.0. The predicted molar refractivity (Wildman–Crippen MR) is 68.3 cm³/mol. The van der Waals surface area contributed by atoms with E-state index in [1.54, 1.807) is 12.1 Å². The van der Waals surface area contributed by atoms with E-state index in [-0.39, 0.29) is 18.6 Å². The van der Waals surface area contributed by atoms with Gasteiger partial charge in [0.1, 0.15) is 5.75 Å². The van der Waals surface area contributed by atoms with Gasteiger partial charge in [-0.3, -0.25) is 9.69 Å². The van der Waals surface area contributed by atoms with E-state index in [1.165, 1.54) is 12.5 Å². The Labute approximate surface area is 107 Å². The van der Waals surface area contributed by atoms with Crippen LogP contribution in [0.15, 0.2) is 24.3 Å². The van der Waals surface area contributed by atoms with Gasteiger partial charge in [0.2, 0.25) is 0 Å². The van der Waals surface area contributed by atoms with Gasteiger partial charge in [0.25, 0.3) is 0 Å². The fraction of sp³-hybridized carbons (Fsp3) is 0.500. The average molecular weight is 249 g/mol. The van der Waals surface area contributed by atoms with Crippen molar-refractivity contribution in [2.75, 3.05) is 13.2 Å². The third kappa shape index (κ3) is 3.31. The molecule has 1 aliphatic heterocycles. The van der Waals surface area contributed by atoms with Crippen LogP contribution in [0.25, 0.3) is 0 Å². The number of aliphatic hydroxyl groups excluding tert-OH is 1. The van der Waals surface area contributed by atoms with E-state index in [9.17, 15) is 9.90 Å². The van der Waals surface area contributed by atoms with E-state index in [0.29, 0.717) is 5.75 Å². The molecule has 1 saturated heterocycles. The van der Waals surface area contributed by atoms with Crippen molar-refractivity contribution in [1.29, 1.82) is 0 Å². The molecular formula is C14H19NO3. The number of likely N-dealkylation sites (tertiary alicyclic amines) is 1. The summed E-state index contributed by atoms with van der Waals surface area (Å²) in [5.41, 5.74) is 1.17. The summed E-state index contributed by atoms with van der Waals surface area (Å²) in [5.74, 6) is 0.272. The Balaban J connectivity index is 1.95. The standard InChI is InChI=1S/C14H19NO3/c1-11(17)18-14-6-4-12(5-7-14)9-15-8-2-3-13(15)10-16/h4-7,13,16H,2-3,8-10H2,1H3. The molecule has 0 aromatic heterocycles. The van der Waals surface area contributed by atoms with Gasteiger partial charge < -0.3 is 9.84 Å². The van der Waals surface area contributed by atoms with Crippen LogP contribution < -0.4 is 4.74 Å². The van der Waals surface area contributed by atoms with Crippen molar-refractivity contribution in [3.8, 4) is 5.75 Å². The molecule has 0 saturated carbocycles. The van der Waals surface area contributed by atoms with E-state index in [2.05, 4.69) is 4.90 Å². The van der Waals surface area contributed by atoms with Gasteiger partial charge in [-0.05, 0) is 37.1 Å². The molecule has 0 bridgehead atoms. The van der Waals surface area contributed by atoms with E-state index >= 15 is 0 Å². The fourth-order valence-corrected chi connectivity index (χ4v) is 2.37. The van der Waals surface area contributed by atoms with Crippen LogP contribution in [-0.4, -0.2) is 35.2 Å². The molecular weight excluding hydrogens is 230 g/mol. The summed E-state index contributed by atoms with van der Waals surface area (Å²) in [6.07, 6.45) is 2.22. The minimum atomic E-state index is -0.303. The summed E-state index contributed by atoms with van der Waals surface area (Å²) in [6, 6.07) is 7.83. The highest BCUT2D eigenvalue weighted by atomic mass is 16.5. The minimum absolute atomic E-state index is 0.228. The topological polar surface area (TPSA) is 49.8 Å². The second kappa shape index (κ2) is 5.98. The molecule has 0 aliphatic carbocycles. The maximum absolute atomic E-state index is 10.8. The van der Waals surface area contributed by atoms with Crippen molar-refractivity contribution in [2.24, 2.45) is 0 Å². The molecule has 98 valence electrons. The van der Waals surface area contributed by atoms with E-state index in [0.717, 1.165) is 25.9 Å². The number of ether oxygens (including phenoxy) is 1. The highest BCUT2D eigenvalue weighted by molar-refractivity contribution is 5.69. The van der Waals surface area contributed by atoms with Crippen LogP contribution in [0.4, 0.5) is 0 Å². The molecule has 1 heterocycles. The number of rotatable bonds is 4. The molecule has 1 atom stereocenters. The predicted octanol–water partition coefficient (Wildman–Crippen LogP) is 1.57. The molecule has 4 nitrogen and oxygen atoms in total. The Morgan fingerprint density at radius 1 is 1.44 bits per heavy atom. The van der Waals surface area contributed by atoms with Gasteiger partial charge in [-0.25, -0.2) is 0 Å². The summed E-state index contributed by atoms with van der Waals surface area (Å²) in [7, 11) is 0. The highest BCUT2D eigenvalue weighted by Gasteiger charge is 2.23. The first-order valence-corrected chi connectivity index (χ1v) is 6.31. The Hall–Kier alpha value is -1.39. The van der Waals surface area contributed by atoms with Crippen LogP contribution in [0.3, 0.4) is 0 Å². The number of aliphatic hydroxyl groups is 1. The molecule has 1 aromatic carbocycles. The Morgan fingerprint density at radius 2 is 2.17 bits per heavy atom. The first-order chi connectivity index (χ1) is 8.69. The van der Waals surface area contributed by atoms with Gasteiger partial charge in [-0.2, -0.15) is 0 Å². The van der Waals surface area contributed by atoms with Crippen molar-refractivity contribution in [2.45, 2.75) is 32.4 Å². The Bertz CT molecular complexity index is 402. The van der Waals surface area contributed by atoms with Gasteiger partial charge in [-0.15, -0.1) is 0 Å². The number of hydrogen-bond donors (Lipinski definition) is 1. The lowest BCUT2D eigenvalue weighted by Crippen LogP contribution is -2.31. The number of carbonyl (C=O) groups is 1. The normalized spacial score (nSPS) is 20.0. The molecule has 2 rings (SSSR count). The van der Waals surface area contributed by atoms with Crippen molar-refractivity contribution < 1.29 is 14.6 Å². The zero-order valence-corrected chi connectivity index (χ0v) is 10.6. The van der Waals surface area contributed by atoms with Gasteiger partial charge >= 0.3 is 5.97 Å². The third-order valence-corrected chi connectivity index (χ3v) is 3.28. The number of esters is 1. The van der Waals surface area contributed by atoms with Crippen LogP contribution in [0.5, 0.6) is 5.75 Å². The lowest BCUT2D eigenvalue weighted by atomic mass is 10.2. The second-order valence-electron chi connectivity index (χ2n) is 4.69. The van der Waals surface area contributed by atoms with Gasteiger partial charge in [0, 0.05) is 19.5 Å². The zero-order valence-electron chi connectivity index (χ0n) is 10.6. The fourth-order valence-electron chi connectivity index (χ4n) is 2.37. The summed E-state index contributed by atoms with van der Waals surface area (Å²) < 4.78 is 4.99. The summed E-state index contributed by atoms with van der Waals surface area (Å²) >= 11 is 0. The molecule has 0 radical (unpaired) electrons. The second-order valence-corrected chi connectivity index (χ2v) is 4.69. The molecule has 1 aromatic rings.